The van der Waals surface area contributed by atoms with Gasteiger partial charge in [-0.3, -0.25) is 0 Å². The Morgan fingerprint density at radius 2 is 2.12 bits per heavy atom. The van der Waals surface area contributed by atoms with Crippen LogP contribution in [-0.2, 0) is 5.75 Å². The Hall–Kier alpha value is -2.31. The summed E-state index contributed by atoms with van der Waals surface area (Å²) in [5.74, 6) is 1.49. The molecule has 5 nitrogen and oxygen atoms in total. The highest BCUT2D eigenvalue weighted by atomic mass is 35.5. The summed E-state index contributed by atoms with van der Waals surface area (Å²) in [6.45, 7) is 0. The van der Waals surface area contributed by atoms with Crippen molar-refractivity contribution in [3.05, 3.63) is 71.0 Å². The third-order valence-corrected chi connectivity index (χ3v) is 4.59. The minimum atomic E-state index is 0.701. The van der Waals surface area contributed by atoms with Crippen LogP contribution in [0, 0.1) is 0 Å². The number of ether oxygens (including phenoxy) is 1. The molecular weight excluding hydrogens is 344 g/mol. The lowest BCUT2D eigenvalue weighted by molar-refractivity contribution is 0.414. The minimum Gasteiger partial charge on any atom is -0.497 e. The summed E-state index contributed by atoms with van der Waals surface area (Å²) in [6, 6.07) is 15.4. The molecule has 2 aromatic carbocycles. The van der Waals surface area contributed by atoms with E-state index in [0.29, 0.717) is 10.9 Å². The van der Waals surface area contributed by atoms with E-state index in [1.165, 1.54) is 11.8 Å². The number of thioether (sulfide) groups is 1. The average Bonchev–Trinajstić information content (AvgIpc) is 3.07. The van der Waals surface area contributed by atoms with Crippen LogP contribution < -0.4 is 4.74 Å². The fraction of sp³-hybridized carbons (Fsp3) is 0.118. The summed E-state index contributed by atoms with van der Waals surface area (Å²) in [5.41, 5.74) is 1.99. The molecule has 0 radical (unpaired) electrons. The summed E-state index contributed by atoms with van der Waals surface area (Å²) in [5, 5.41) is 13.9. The fourth-order valence-corrected chi connectivity index (χ4v) is 3.15. The van der Waals surface area contributed by atoms with Crippen LogP contribution in [0.25, 0.3) is 0 Å². The Labute approximate surface area is 149 Å². The van der Waals surface area contributed by atoms with E-state index in [0.717, 1.165) is 21.9 Å². The first-order valence-electron chi connectivity index (χ1n) is 7.21. The van der Waals surface area contributed by atoms with Gasteiger partial charge in [0.15, 0.2) is 0 Å². The van der Waals surface area contributed by atoms with Gasteiger partial charge in [0.05, 0.1) is 13.3 Å². The number of hydrogen-bond acceptors (Lipinski definition) is 5. The molecule has 0 saturated heterocycles. The SMILES string of the molecule is COc1cccc(C=Nn2cnnc2SCc2ccccc2Cl)c1. The zero-order chi connectivity index (χ0) is 16.8. The molecule has 0 N–H and O–H groups in total. The predicted molar refractivity (Wildman–Crippen MR) is 97.0 cm³/mol. The van der Waals surface area contributed by atoms with Crippen LogP contribution in [0.2, 0.25) is 5.02 Å². The maximum absolute atomic E-state index is 6.18. The van der Waals surface area contributed by atoms with Crippen molar-refractivity contribution in [2.75, 3.05) is 7.11 Å². The highest BCUT2D eigenvalue weighted by molar-refractivity contribution is 7.98. The lowest BCUT2D eigenvalue weighted by Gasteiger charge is -2.03. The molecule has 0 fully saturated rings. The summed E-state index contributed by atoms with van der Waals surface area (Å²) >= 11 is 7.71. The molecule has 1 heterocycles. The average molecular weight is 359 g/mol. The zero-order valence-electron chi connectivity index (χ0n) is 13.0. The van der Waals surface area contributed by atoms with Crippen molar-refractivity contribution in [2.24, 2.45) is 5.10 Å². The smallest absolute Gasteiger partial charge is 0.212 e. The summed E-state index contributed by atoms with van der Waals surface area (Å²) in [6.07, 6.45) is 3.32. The van der Waals surface area contributed by atoms with Gasteiger partial charge < -0.3 is 4.74 Å². The van der Waals surface area contributed by atoms with Crippen LogP contribution in [0.5, 0.6) is 5.75 Å². The topological polar surface area (TPSA) is 52.3 Å². The molecule has 0 aliphatic heterocycles. The van der Waals surface area contributed by atoms with Crippen LogP contribution in [0.15, 0.2) is 65.1 Å². The second-order valence-electron chi connectivity index (χ2n) is 4.86. The normalized spacial score (nSPS) is 11.1. The highest BCUT2D eigenvalue weighted by Gasteiger charge is 2.06. The Morgan fingerprint density at radius 1 is 1.25 bits per heavy atom. The third-order valence-electron chi connectivity index (χ3n) is 3.24. The first-order valence-corrected chi connectivity index (χ1v) is 8.57. The Kier molecular flexibility index (Phi) is 5.51. The molecule has 0 unspecified atom stereocenters. The van der Waals surface area contributed by atoms with Gasteiger partial charge in [0.25, 0.3) is 0 Å². The van der Waals surface area contributed by atoms with E-state index in [9.17, 15) is 0 Å². The van der Waals surface area contributed by atoms with Crippen molar-refractivity contribution < 1.29 is 4.74 Å². The number of nitrogens with zero attached hydrogens (tertiary/aromatic N) is 4. The lowest BCUT2D eigenvalue weighted by atomic mass is 10.2. The Morgan fingerprint density at radius 3 is 2.96 bits per heavy atom. The molecule has 0 spiro atoms. The summed E-state index contributed by atoms with van der Waals surface area (Å²) in [4.78, 5) is 0. The van der Waals surface area contributed by atoms with Crippen LogP contribution in [0.3, 0.4) is 0 Å². The van der Waals surface area contributed by atoms with E-state index >= 15 is 0 Å². The van der Waals surface area contributed by atoms with Gasteiger partial charge in [0.1, 0.15) is 12.1 Å². The van der Waals surface area contributed by atoms with Crippen molar-refractivity contribution in [1.29, 1.82) is 0 Å². The van der Waals surface area contributed by atoms with Crippen molar-refractivity contribution in [3.8, 4) is 5.75 Å². The second kappa shape index (κ2) is 7.99. The summed E-state index contributed by atoms with van der Waals surface area (Å²) in [7, 11) is 1.64. The molecule has 3 rings (SSSR count). The molecular formula is C17H15ClN4OS. The van der Waals surface area contributed by atoms with Crippen LogP contribution in [0.1, 0.15) is 11.1 Å². The van der Waals surface area contributed by atoms with Gasteiger partial charge >= 0.3 is 0 Å². The van der Waals surface area contributed by atoms with Crippen molar-refractivity contribution in [1.82, 2.24) is 14.9 Å². The van der Waals surface area contributed by atoms with Crippen molar-refractivity contribution in [3.63, 3.8) is 0 Å². The fourth-order valence-electron chi connectivity index (χ4n) is 2.00. The van der Waals surface area contributed by atoms with Crippen molar-refractivity contribution >= 4 is 29.6 Å². The molecule has 0 bridgehead atoms. The molecule has 0 aliphatic rings. The van der Waals surface area contributed by atoms with Gasteiger partial charge in [0.2, 0.25) is 5.16 Å². The highest BCUT2D eigenvalue weighted by Crippen LogP contribution is 2.25. The number of benzene rings is 2. The monoisotopic (exact) mass is 358 g/mol. The third kappa shape index (κ3) is 4.15. The molecule has 3 aromatic rings. The van der Waals surface area contributed by atoms with Gasteiger partial charge in [-0.1, -0.05) is 53.7 Å². The quantitative estimate of drug-likeness (QED) is 0.491. The molecule has 0 aliphatic carbocycles. The predicted octanol–water partition coefficient (Wildman–Crippen LogP) is 4.11. The van der Waals surface area contributed by atoms with Crippen molar-refractivity contribution in [2.45, 2.75) is 10.9 Å². The largest absolute Gasteiger partial charge is 0.497 e. The van der Waals surface area contributed by atoms with Crippen LogP contribution in [-0.4, -0.2) is 28.2 Å². The van der Waals surface area contributed by atoms with Crippen LogP contribution in [0.4, 0.5) is 0 Å². The maximum atomic E-state index is 6.18. The van der Waals surface area contributed by atoms with E-state index < -0.39 is 0 Å². The molecule has 7 heteroatoms. The minimum absolute atomic E-state index is 0.701. The number of hydrogen-bond donors (Lipinski definition) is 0. The zero-order valence-corrected chi connectivity index (χ0v) is 14.5. The van der Waals surface area contributed by atoms with E-state index in [-0.39, 0.29) is 0 Å². The number of rotatable bonds is 6. The van der Waals surface area contributed by atoms with Crippen LogP contribution >= 0.6 is 23.4 Å². The first-order chi connectivity index (χ1) is 11.8. The van der Waals surface area contributed by atoms with E-state index in [2.05, 4.69) is 15.3 Å². The van der Waals surface area contributed by atoms with Gasteiger partial charge in [-0.25, -0.2) is 0 Å². The maximum Gasteiger partial charge on any atom is 0.212 e. The van der Waals surface area contributed by atoms with E-state index in [4.69, 9.17) is 16.3 Å². The van der Waals surface area contributed by atoms with Gasteiger partial charge in [-0.05, 0) is 29.3 Å². The Bertz CT molecular complexity index is 850. The van der Waals surface area contributed by atoms with Gasteiger partial charge in [0, 0.05) is 10.8 Å². The summed E-state index contributed by atoms with van der Waals surface area (Å²) < 4.78 is 6.84. The molecule has 0 atom stereocenters. The van der Waals surface area contributed by atoms with Gasteiger partial charge in [-0.2, -0.15) is 9.78 Å². The van der Waals surface area contributed by atoms with Gasteiger partial charge in [-0.15, -0.1) is 10.2 Å². The number of halogens is 1. The molecule has 0 saturated carbocycles. The van der Waals surface area contributed by atoms with E-state index in [1.54, 1.807) is 24.3 Å². The number of aromatic nitrogens is 3. The standard InChI is InChI=1S/C17H15ClN4OS/c1-23-15-7-4-5-13(9-15)10-20-22-12-19-21-17(22)24-11-14-6-2-3-8-16(14)18/h2-10,12H,11H2,1H3. The second-order valence-corrected chi connectivity index (χ2v) is 6.21. The molecule has 122 valence electrons. The Balaban J connectivity index is 1.71. The molecule has 24 heavy (non-hydrogen) atoms. The van der Waals surface area contributed by atoms with E-state index in [1.807, 2.05) is 48.5 Å². The molecule has 1 aromatic heterocycles. The number of methoxy groups -OCH3 is 1. The first kappa shape index (κ1) is 16.5. The molecule has 0 amide bonds. The lowest BCUT2D eigenvalue weighted by Crippen LogP contribution is -1.93.